The third kappa shape index (κ3) is 7.55. The van der Waals surface area contributed by atoms with E-state index in [9.17, 15) is 8.42 Å². The van der Waals surface area contributed by atoms with Gasteiger partial charge in [-0.3, -0.25) is 0 Å². The zero-order valence-electron chi connectivity index (χ0n) is 25.0. The summed E-state index contributed by atoms with van der Waals surface area (Å²) in [6, 6.07) is 7.71. The quantitative estimate of drug-likeness (QED) is 0.199. The zero-order valence-corrected chi connectivity index (χ0v) is 29.7. The molecule has 1 aliphatic carbocycles. The van der Waals surface area contributed by atoms with Crippen LogP contribution in [0.25, 0.3) is 0 Å². The fourth-order valence-electron chi connectivity index (χ4n) is 7.42. The van der Waals surface area contributed by atoms with Crippen molar-refractivity contribution in [3.05, 3.63) is 41.1 Å². The summed E-state index contributed by atoms with van der Waals surface area (Å²) < 4.78 is 35.5. The van der Waals surface area contributed by atoms with E-state index in [4.69, 9.17) is 0 Å². The molecule has 0 aromatic heterocycles. The molecule has 3 nitrogen and oxygen atoms in total. The predicted octanol–water partition coefficient (Wildman–Crippen LogP) is 9.19. The number of sulfonamides is 1. The van der Waals surface area contributed by atoms with Gasteiger partial charge in [0.05, 0.1) is 0 Å². The van der Waals surface area contributed by atoms with E-state index in [1.165, 1.54) is 70.2 Å². The Morgan fingerprint density at radius 2 is 1.46 bits per heavy atom. The van der Waals surface area contributed by atoms with Crippen LogP contribution >= 0.6 is 0 Å². The van der Waals surface area contributed by atoms with Crippen molar-refractivity contribution in [2.24, 2.45) is 5.92 Å². The summed E-state index contributed by atoms with van der Waals surface area (Å²) in [5.74, 6) is 0.474. The molecule has 2 aliphatic rings. The molecule has 210 valence electrons. The van der Waals surface area contributed by atoms with E-state index >= 15 is 0 Å². The molecule has 2 fully saturated rings. The van der Waals surface area contributed by atoms with Crippen LogP contribution in [0.15, 0.2) is 40.4 Å². The van der Waals surface area contributed by atoms with Crippen LogP contribution in [0.2, 0.25) is 36.9 Å². The van der Waals surface area contributed by atoms with Crippen LogP contribution in [0.1, 0.15) is 84.1 Å². The Labute approximate surface area is 234 Å². The second-order valence-corrected chi connectivity index (χ2v) is 34.3. The van der Waals surface area contributed by atoms with Crippen LogP contribution in [0.5, 0.6) is 0 Å². The van der Waals surface area contributed by atoms with Crippen molar-refractivity contribution in [3.8, 4) is 0 Å². The fourth-order valence-corrected chi connectivity index (χ4v) is 30.6. The number of aryl methyl sites for hydroxylation is 1. The first-order valence-corrected chi connectivity index (χ1v) is 28.0. The van der Waals surface area contributed by atoms with Gasteiger partial charge in [0.1, 0.15) is 0 Å². The van der Waals surface area contributed by atoms with Crippen molar-refractivity contribution in [3.63, 3.8) is 0 Å². The van der Waals surface area contributed by atoms with Crippen molar-refractivity contribution in [1.82, 2.24) is 4.31 Å². The van der Waals surface area contributed by atoms with E-state index < -0.39 is 36.5 Å². The van der Waals surface area contributed by atoms with Crippen molar-refractivity contribution < 1.29 is 8.42 Å². The first-order chi connectivity index (χ1) is 17.5. The summed E-state index contributed by atoms with van der Waals surface area (Å²) in [6.07, 6.45) is 11.6. The normalized spacial score (nSPS) is 24.5. The van der Waals surface area contributed by atoms with E-state index in [-0.39, 0.29) is 6.04 Å². The topological polar surface area (TPSA) is 37.4 Å². The molecule has 0 N–H and O–H groups in total. The predicted molar refractivity (Wildman–Crippen MR) is 166 cm³/mol. The van der Waals surface area contributed by atoms with Crippen molar-refractivity contribution >= 4 is 36.5 Å². The van der Waals surface area contributed by atoms with Gasteiger partial charge in [-0.1, -0.05) is 0 Å². The number of hydrogen-bond acceptors (Lipinski definition) is 2. The van der Waals surface area contributed by atoms with Gasteiger partial charge in [-0.05, 0) is 0 Å². The molecular weight excluding hydrogens is 597 g/mol. The van der Waals surface area contributed by atoms with Crippen molar-refractivity contribution in [2.45, 2.75) is 133 Å². The molecule has 3 atom stereocenters. The third-order valence-electron chi connectivity index (χ3n) is 9.12. The molecule has 1 saturated heterocycles. The molecule has 1 saturated carbocycles. The Kier molecular flexibility index (Phi) is 11.5. The first kappa shape index (κ1) is 31.4. The van der Waals surface area contributed by atoms with E-state index in [0.29, 0.717) is 17.4 Å². The van der Waals surface area contributed by atoms with Gasteiger partial charge in [0.25, 0.3) is 0 Å². The zero-order chi connectivity index (χ0) is 27.3. The summed E-state index contributed by atoms with van der Waals surface area (Å²) >= 11 is -2.57. The van der Waals surface area contributed by atoms with Crippen LogP contribution in [-0.4, -0.2) is 51.8 Å². The minimum atomic E-state index is -3.50. The van der Waals surface area contributed by atoms with Gasteiger partial charge in [0.15, 0.2) is 0 Å². The number of nitrogens with zero attached hydrogens (tertiary/aromatic N) is 1. The minimum absolute atomic E-state index is 0.161. The molecule has 0 spiro atoms. The average Bonchev–Trinajstić information content (AvgIpc) is 3.22. The van der Waals surface area contributed by atoms with Gasteiger partial charge in [-0.15, -0.1) is 0 Å². The van der Waals surface area contributed by atoms with Crippen LogP contribution in [0, 0.1) is 12.8 Å². The van der Waals surface area contributed by atoms with Crippen LogP contribution in [0.3, 0.4) is 0 Å². The molecule has 0 amide bonds. The van der Waals surface area contributed by atoms with Gasteiger partial charge in [-0.2, -0.15) is 0 Å². The van der Waals surface area contributed by atoms with Crippen molar-refractivity contribution in [1.29, 1.82) is 0 Å². The molecule has 1 aromatic carbocycles. The summed E-state index contributed by atoms with van der Waals surface area (Å²) in [5, 5.41) is 0. The third-order valence-corrected chi connectivity index (χ3v) is 30.1. The SMILES string of the molecule is CCC[CH2][Sn]([CH2]CCC)([CH2]CCC)[C@H]1CCC[C@@H]2[C@H]1/C(=C\[Si](C)(C)C)CN2S(=O)(=O)c1ccc(C)cc1. The van der Waals surface area contributed by atoms with Gasteiger partial charge < -0.3 is 0 Å². The number of fused-ring (bicyclic) bond motifs is 1. The summed E-state index contributed by atoms with van der Waals surface area (Å²) in [7, 11) is -5.00. The Morgan fingerprint density at radius 1 is 0.919 bits per heavy atom. The number of rotatable bonds is 13. The van der Waals surface area contributed by atoms with E-state index in [1.807, 2.05) is 35.5 Å². The maximum absolute atomic E-state index is 14.1. The standard InChI is InChI=1S/C19H28NO2SSi.3C4H9.Sn/c1-15-9-11-17(12-10-15)23(21,22)20-13-16(14-24(2,3)4)18-7-5-6-8-19(18)20;3*1-3-4-2;/h7,9-12,14,18-19H,5-6,8,13H2,1-4H3;3*1,3-4H2,2H3;/b16-14-;;;;/t18-,19-;;;;/m1..../s1. The number of unbranched alkanes of at least 4 members (excludes halogenated alkanes) is 3. The van der Waals surface area contributed by atoms with Gasteiger partial charge in [-0.25, -0.2) is 0 Å². The Morgan fingerprint density at radius 3 is 1.95 bits per heavy atom. The molecule has 1 aromatic rings. The molecule has 6 heteroatoms. The molecular formula is C31H55NO2SSiSn. The monoisotopic (exact) mass is 653 g/mol. The molecule has 3 rings (SSSR count). The Hall–Kier alpha value is -0.114. The molecule has 0 unspecified atom stereocenters. The number of hydrogen-bond donors (Lipinski definition) is 0. The van der Waals surface area contributed by atoms with Gasteiger partial charge in [0.2, 0.25) is 0 Å². The molecule has 37 heavy (non-hydrogen) atoms. The molecule has 1 aliphatic heterocycles. The molecule has 1 heterocycles. The van der Waals surface area contributed by atoms with Gasteiger partial charge in [0, 0.05) is 0 Å². The van der Waals surface area contributed by atoms with E-state index in [1.54, 1.807) is 0 Å². The Bertz CT molecular complexity index is 977. The van der Waals surface area contributed by atoms with Crippen molar-refractivity contribution in [2.75, 3.05) is 6.54 Å². The second-order valence-electron chi connectivity index (χ2n) is 13.3. The van der Waals surface area contributed by atoms with Crippen LogP contribution < -0.4 is 0 Å². The molecule has 0 bridgehead atoms. The maximum atomic E-state index is 14.1. The second kappa shape index (κ2) is 13.5. The average molecular weight is 653 g/mol. The van der Waals surface area contributed by atoms with E-state index in [2.05, 4.69) is 46.1 Å². The Balaban J connectivity index is 2.11. The summed E-state index contributed by atoms with van der Waals surface area (Å²) in [6.45, 7) is 17.0. The fraction of sp³-hybridized carbons (Fsp3) is 0.742. The number of benzene rings is 1. The van der Waals surface area contributed by atoms with Gasteiger partial charge >= 0.3 is 236 Å². The van der Waals surface area contributed by atoms with Crippen LogP contribution in [0.4, 0.5) is 0 Å². The summed E-state index contributed by atoms with van der Waals surface area (Å²) in [4.78, 5) is 0.478. The molecule has 0 radical (unpaired) electrons. The van der Waals surface area contributed by atoms with E-state index in [0.717, 1.165) is 15.9 Å². The first-order valence-electron chi connectivity index (χ1n) is 15.3. The van der Waals surface area contributed by atoms with Crippen LogP contribution in [-0.2, 0) is 10.0 Å². The summed E-state index contributed by atoms with van der Waals surface area (Å²) in [5.41, 5.74) is 5.23.